The summed E-state index contributed by atoms with van der Waals surface area (Å²) in [5.41, 5.74) is 3.14. The van der Waals surface area contributed by atoms with E-state index < -0.39 is 0 Å². The van der Waals surface area contributed by atoms with E-state index in [1.807, 2.05) is 30.3 Å². The van der Waals surface area contributed by atoms with Gasteiger partial charge in [0, 0.05) is 12.0 Å². The number of benzene rings is 2. The summed E-state index contributed by atoms with van der Waals surface area (Å²) in [6.45, 7) is 0. The minimum absolute atomic E-state index is 0.144. The van der Waals surface area contributed by atoms with Crippen LogP contribution in [0.2, 0.25) is 0 Å². The van der Waals surface area contributed by atoms with Crippen LogP contribution in [0.1, 0.15) is 58.1 Å². The van der Waals surface area contributed by atoms with Crippen molar-refractivity contribution in [3.8, 4) is 0 Å². The van der Waals surface area contributed by atoms with Crippen molar-refractivity contribution >= 4 is 22.4 Å². The molecule has 1 aliphatic rings. The predicted octanol–water partition coefficient (Wildman–Crippen LogP) is 5.12. The van der Waals surface area contributed by atoms with Crippen molar-refractivity contribution in [2.45, 2.75) is 38.0 Å². The standard InChI is InChI=1S/C22H21N3OS/c26-21(19-13-11-18(12-14-19)17-9-5-2-6-10-17)23-22-25-24-20(27-22)15-16-7-3-1-4-8-16/h1,3-4,7-8,11-14,17H,5-6,9-10,15H2,(H,23,25,26). The first-order chi connectivity index (χ1) is 13.3. The summed E-state index contributed by atoms with van der Waals surface area (Å²) in [5, 5.41) is 12.6. The van der Waals surface area contributed by atoms with Crippen LogP contribution in [0.25, 0.3) is 0 Å². The van der Waals surface area contributed by atoms with Crippen LogP contribution in [-0.2, 0) is 6.42 Å². The number of nitrogens with one attached hydrogen (secondary N) is 1. The molecule has 0 saturated heterocycles. The molecule has 1 aliphatic carbocycles. The first-order valence-corrected chi connectivity index (χ1v) is 10.1. The average molecular weight is 375 g/mol. The molecule has 1 saturated carbocycles. The second-order valence-corrected chi connectivity index (χ2v) is 7.83. The van der Waals surface area contributed by atoms with Crippen LogP contribution in [0.5, 0.6) is 0 Å². The van der Waals surface area contributed by atoms with Gasteiger partial charge in [-0.05, 0) is 61.3 Å². The second-order valence-electron chi connectivity index (χ2n) is 6.76. The van der Waals surface area contributed by atoms with Gasteiger partial charge in [-0.2, -0.15) is 0 Å². The molecule has 0 atom stereocenters. The number of amides is 1. The highest BCUT2D eigenvalue weighted by Gasteiger charge is 2.16. The molecule has 0 aliphatic heterocycles. The van der Waals surface area contributed by atoms with E-state index in [2.05, 4.69) is 46.2 Å². The molecule has 0 spiro atoms. The van der Waals surface area contributed by atoms with Gasteiger partial charge in [0.2, 0.25) is 5.13 Å². The molecule has 4 rings (SSSR count). The minimum Gasteiger partial charge on any atom is -0.296 e. The lowest BCUT2D eigenvalue weighted by Crippen LogP contribution is -2.12. The van der Waals surface area contributed by atoms with E-state index in [9.17, 15) is 4.79 Å². The predicted molar refractivity (Wildman–Crippen MR) is 108 cm³/mol. The van der Waals surface area contributed by atoms with Crippen LogP contribution in [-0.4, -0.2) is 16.1 Å². The summed E-state index contributed by atoms with van der Waals surface area (Å²) >= 11 is 1.42. The molecule has 2 radical (unpaired) electrons. The molecule has 136 valence electrons. The number of rotatable bonds is 5. The van der Waals surface area contributed by atoms with Crippen LogP contribution in [0.4, 0.5) is 5.13 Å². The van der Waals surface area contributed by atoms with Gasteiger partial charge in [0.15, 0.2) is 0 Å². The summed E-state index contributed by atoms with van der Waals surface area (Å²) in [6, 6.07) is 18.1. The molecule has 1 fully saturated rings. The largest absolute Gasteiger partial charge is 0.296 e. The molecule has 27 heavy (non-hydrogen) atoms. The highest BCUT2D eigenvalue weighted by Crippen LogP contribution is 2.32. The quantitative estimate of drug-likeness (QED) is 0.673. The smallest absolute Gasteiger partial charge is 0.257 e. The first-order valence-electron chi connectivity index (χ1n) is 9.26. The summed E-state index contributed by atoms with van der Waals surface area (Å²) in [7, 11) is 0. The Morgan fingerprint density at radius 1 is 1.04 bits per heavy atom. The van der Waals surface area contributed by atoms with Gasteiger partial charge in [-0.1, -0.05) is 53.8 Å². The number of carbonyl (C=O) groups is 1. The maximum atomic E-state index is 12.5. The zero-order valence-corrected chi connectivity index (χ0v) is 15.8. The van der Waals surface area contributed by atoms with Crippen molar-refractivity contribution in [1.82, 2.24) is 10.2 Å². The lowest BCUT2D eigenvalue weighted by atomic mass is 9.84. The van der Waals surface area contributed by atoms with Gasteiger partial charge < -0.3 is 0 Å². The Morgan fingerprint density at radius 3 is 2.52 bits per heavy atom. The topological polar surface area (TPSA) is 54.9 Å². The summed E-state index contributed by atoms with van der Waals surface area (Å²) in [4.78, 5) is 12.5. The Kier molecular flexibility index (Phi) is 5.58. The van der Waals surface area contributed by atoms with Crippen molar-refractivity contribution in [2.75, 3.05) is 5.32 Å². The van der Waals surface area contributed by atoms with E-state index in [1.54, 1.807) is 0 Å². The molecular weight excluding hydrogens is 354 g/mol. The van der Waals surface area contributed by atoms with E-state index in [0.717, 1.165) is 37.1 Å². The van der Waals surface area contributed by atoms with Crippen molar-refractivity contribution in [2.24, 2.45) is 0 Å². The SMILES string of the molecule is O=C(Nc1nnc(Cc2ccccc2)s1)c1ccc(C2CC[C]CC2)cc1. The van der Waals surface area contributed by atoms with Gasteiger partial charge in [-0.3, -0.25) is 10.1 Å². The van der Waals surface area contributed by atoms with Crippen molar-refractivity contribution < 1.29 is 4.79 Å². The maximum absolute atomic E-state index is 12.5. The van der Waals surface area contributed by atoms with E-state index in [-0.39, 0.29) is 5.91 Å². The Bertz CT molecular complexity index is 883. The van der Waals surface area contributed by atoms with Crippen molar-refractivity contribution in [3.05, 3.63) is 82.7 Å². The van der Waals surface area contributed by atoms with Crippen LogP contribution in [0.15, 0.2) is 54.6 Å². The van der Waals surface area contributed by atoms with Crippen LogP contribution >= 0.6 is 11.3 Å². The zero-order valence-electron chi connectivity index (χ0n) is 15.0. The average Bonchev–Trinajstić information content (AvgIpc) is 3.16. The van der Waals surface area contributed by atoms with E-state index in [1.165, 1.54) is 22.5 Å². The lowest BCUT2D eigenvalue weighted by Gasteiger charge is -2.21. The number of anilines is 1. The summed E-state index contributed by atoms with van der Waals surface area (Å²) in [6.07, 6.45) is 8.54. The van der Waals surface area contributed by atoms with Gasteiger partial charge in [-0.15, -0.1) is 10.2 Å². The molecule has 1 N–H and O–H groups in total. The molecule has 1 aromatic heterocycles. The maximum Gasteiger partial charge on any atom is 0.257 e. The number of hydrogen-bond acceptors (Lipinski definition) is 4. The third kappa shape index (κ3) is 4.61. The van der Waals surface area contributed by atoms with Crippen LogP contribution in [0.3, 0.4) is 0 Å². The highest BCUT2D eigenvalue weighted by atomic mass is 32.1. The van der Waals surface area contributed by atoms with E-state index >= 15 is 0 Å². The Hall–Kier alpha value is -2.53. The third-order valence-corrected chi connectivity index (χ3v) is 5.71. The second kappa shape index (κ2) is 8.44. The van der Waals surface area contributed by atoms with Crippen LogP contribution in [0, 0.1) is 6.42 Å². The molecule has 3 aromatic rings. The molecule has 0 bridgehead atoms. The van der Waals surface area contributed by atoms with E-state index in [0.29, 0.717) is 16.6 Å². The molecule has 2 aromatic carbocycles. The monoisotopic (exact) mass is 375 g/mol. The van der Waals surface area contributed by atoms with Crippen LogP contribution < -0.4 is 5.32 Å². The molecule has 5 heteroatoms. The molecule has 1 amide bonds. The van der Waals surface area contributed by atoms with Crippen molar-refractivity contribution in [3.63, 3.8) is 0 Å². The number of nitrogens with zero attached hydrogens (tertiary/aromatic N) is 2. The number of carbonyl (C=O) groups excluding carboxylic acids is 1. The van der Waals surface area contributed by atoms with Gasteiger partial charge in [0.05, 0.1) is 0 Å². The fourth-order valence-corrected chi connectivity index (χ4v) is 4.15. The fourth-order valence-electron chi connectivity index (χ4n) is 3.38. The molecule has 0 unspecified atom stereocenters. The summed E-state index contributed by atoms with van der Waals surface area (Å²) < 4.78 is 0. The fraction of sp³-hybridized carbons (Fsp3) is 0.273. The minimum atomic E-state index is -0.144. The Labute approximate surface area is 163 Å². The number of aromatic nitrogens is 2. The third-order valence-electron chi connectivity index (χ3n) is 4.87. The van der Waals surface area contributed by atoms with E-state index in [4.69, 9.17) is 0 Å². The highest BCUT2D eigenvalue weighted by molar-refractivity contribution is 7.15. The van der Waals surface area contributed by atoms with Gasteiger partial charge in [0.1, 0.15) is 5.01 Å². The zero-order chi connectivity index (χ0) is 18.5. The normalized spacial score (nSPS) is 14.8. The molecule has 1 heterocycles. The van der Waals surface area contributed by atoms with Crippen molar-refractivity contribution in [1.29, 1.82) is 0 Å². The molecular formula is C22H21N3OS. The number of hydrogen-bond donors (Lipinski definition) is 1. The summed E-state index contributed by atoms with van der Waals surface area (Å²) in [5.74, 6) is 0.446. The van der Waals surface area contributed by atoms with Gasteiger partial charge >= 0.3 is 0 Å². The Balaban J connectivity index is 1.37. The van der Waals surface area contributed by atoms with Gasteiger partial charge in [-0.25, -0.2) is 0 Å². The first kappa shape index (κ1) is 17.9. The lowest BCUT2D eigenvalue weighted by molar-refractivity contribution is 0.102. The Morgan fingerprint density at radius 2 is 1.78 bits per heavy atom. The molecule has 4 nitrogen and oxygen atoms in total. The van der Waals surface area contributed by atoms with Gasteiger partial charge in [0.25, 0.3) is 5.91 Å².